The van der Waals surface area contributed by atoms with Crippen molar-refractivity contribution in [3.63, 3.8) is 0 Å². The molecule has 1 atom stereocenters. The van der Waals surface area contributed by atoms with Crippen molar-refractivity contribution in [3.05, 3.63) is 46.6 Å². The third kappa shape index (κ3) is 2.51. The van der Waals surface area contributed by atoms with E-state index in [1.807, 2.05) is 4.90 Å². The van der Waals surface area contributed by atoms with E-state index < -0.39 is 0 Å². The first-order valence-electron chi connectivity index (χ1n) is 9.32. The second kappa shape index (κ2) is 6.13. The van der Waals surface area contributed by atoms with Gasteiger partial charge in [0.05, 0.1) is 18.2 Å². The van der Waals surface area contributed by atoms with Gasteiger partial charge in [-0.3, -0.25) is 4.79 Å². The molecule has 3 aromatic rings. The first-order chi connectivity index (χ1) is 12.7. The lowest BCUT2D eigenvalue weighted by atomic mass is 9.89. The molecule has 0 saturated heterocycles. The topological polar surface area (TPSA) is 64.2 Å². The van der Waals surface area contributed by atoms with E-state index in [4.69, 9.17) is 5.73 Å². The Bertz CT molecular complexity index is 989. The van der Waals surface area contributed by atoms with Crippen LogP contribution in [0.3, 0.4) is 0 Å². The Balaban J connectivity index is 1.46. The Morgan fingerprint density at radius 1 is 1.23 bits per heavy atom. The summed E-state index contributed by atoms with van der Waals surface area (Å²) in [6.07, 6.45) is 3.91. The van der Waals surface area contributed by atoms with Gasteiger partial charge >= 0.3 is 0 Å². The van der Waals surface area contributed by atoms with Gasteiger partial charge in [-0.2, -0.15) is 0 Å². The van der Waals surface area contributed by atoms with Crippen molar-refractivity contribution in [3.8, 4) is 0 Å². The van der Waals surface area contributed by atoms with Crippen molar-refractivity contribution in [1.29, 1.82) is 0 Å². The lowest BCUT2D eigenvalue weighted by molar-refractivity contribution is -0.133. The maximum Gasteiger partial charge on any atom is 0.232 e. The Labute approximate surface area is 156 Å². The van der Waals surface area contributed by atoms with Crippen molar-refractivity contribution in [2.75, 3.05) is 12.3 Å². The summed E-state index contributed by atoms with van der Waals surface area (Å²) in [5.41, 5.74) is 9.34. The standard InChI is InChI=1S/C20H22N4OS/c21-20-22-18-15(6-3-8-17(18)26-20)19(25)23-9-4-10-24-14(12-23)11-13-5-1-2-7-16(13)24/h1-2,5,7,11,15H,3-4,6,8-10,12H2,(H2,21,22). The molecule has 2 aliphatic rings. The number of aryl methyl sites for hydroxylation is 2. The number of hydrogen-bond donors (Lipinski definition) is 1. The highest BCUT2D eigenvalue weighted by Crippen LogP contribution is 2.37. The number of nitrogen functional groups attached to an aromatic ring is 1. The van der Waals surface area contributed by atoms with Gasteiger partial charge in [-0.1, -0.05) is 18.2 Å². The highest BCUT2D eigenvalue weighted by atomic mass is 32.1. The summed E-state index contributed by atoms with van der Waals surface area (Å²) >= 11 is 1.55. The number of anilines is 1. The second-order valence-electron chi connectivity index (χ2n) is 7.26. The fourth-order valence-corrected chi connectivity index (χ4v) is 5.38. The van der Waals surface area contributed by atoms with Gasteiger partial charge in [0.15, 0.2) is 5.13 Å². The fraction of sp³-hybridized carbons (Fsp3) is 0.400. The Hall–Kier alpha value is -2.34. The quantitative estimate of drug-likeness (QED) is 0.716. The van der Waals surface area contributed by atoms with Crippen molar-refractivity contribution in [1.82, 2.24) is 14.5 Å². The summed E-state index contributed by atoms with van der Waals surface area (Å²) in [6.45, 7) is 2.45. The number of para-hydroxylation sites is 1. The zero-order valence-electron chi connectivity index (χ0n) is 14.6. The molecule has 134 valence electrons. The molecule has 6 heteroatoms. The van der Waals surface area contributed by atoms with E-state index in [9.17, 15) is 4.79 Å². The zero-order chi connectivity index (χ0) is 17.7. The van der Waals surface area contributed by atoms with Crippen molar-refractivity contribution in [2.45, 2.75) is 44.7 Å². The first-order valence-corrected chi connectivity index (χ1v) is 10.1. The first kappa shape index (κ1) is 15.9. The number of carbonyl (C=O) groups is 1. The molecule has 1 aliphatic heterocycles. The maximum atomic E-state index is 13.3. The third-order valence-electron chi connectivity index (χ3n) is 5.64. The number of rotatable bonds is 1. The summed E-state index contributed by atoms with van der Waals surface area (Å²) in [5.74, 6) is 0.0955. The molecule has 0 radical (unpaired) electrons. The number of carbonyl (C=O) groups excluding carboxylic acids is 1. The van der Waals surface area contributed by atoms with Gasteiger partial charge in [0.25, 0.3) is 0 Å². The number of nitrogens with zero attached hydrogens (tertiary/aromatic N) is 3. The Morgan fingerprint density at radius 3 is 3.04 bits per heavy atom. The molecule has 26 heavy (non-hydrogen) atoms. The molecule has 0 saturated carbocycles. The van der Waals surface area contributed by atoms with E-state index in [1.165, 1.54) is 21.5 Å². The highest BCUT2D eigenvalue weighted by Gasteiger charge is 2.33. The maximum absolute atomic E-state index is 13.3. The number of thiazole rings is 1. The van der Waals surface area contributed by atoms with Gasteiger partial charge in [-0.15, -0.1) is 11.3 Å². The molecule has 1 aliphatic carbocycles. The summed E-state index contributed by atoms with van der Waals surface area (Å²) in [7, 11) is 0. The average molecular weight is 366 g/mol. The van der Waals surface area contributed by atoms with Crippen LogP contribution in [0.15, 0.2) is 30.3 Å². The molecule has 3 heterocycles. The van der Waals surface area contributed by atoms with Gasteiger partial charge in [-0.05, 0) is 43.2 Å². The van der Waals surface area contributed by atoms with E-state index in [1.54, 1.807) is 11.3 Å². The van der Waals surface area contributed by atoms with E-state index in [-0.39, 0.29) is 11.8 Å². The number of fused-ring (bicyclic) bond motifs is 4. The normalized spacial score (nSPS) is 19.8. The van der Waals surface area contributed by atoms with E-state index in [0.717, 1.165) is 44.5 Å². The van der Waals surface area contributed by atoms with Crippen LogP contribution in [0.4, 0.5) is 5.13 Å². The summed E-state index contributed by atoms with van der Waals surface area (Å²) in [4.78, 5) is 21.1. The van der Waals surface area contributed by atoms with Crippen LogP contribution in [0, 0.1) is 0 Å². The van der Waals surface area contributed by atoms with Crippen LogP contribution in [0.2, 0.25) is 0 Å². The van der Waals surface area contributed by atoms with Crippen LogP contribution in [0.5, 0.6) is 0 Å². The third-order valence-corrected chi connectivity index (χ3v) is 6.60. The van der Waals surface area contributed by atoms with Crippen LogP contribution < -0.4 is 5.73 Å². The van der Waals surface area contributed by atoms with Gasteiger partial charge in [-0.25, -0.2) is 4.98 Å². The molecule has 1 amide bonds. The molecule has 5 rings (SSSR count). The Morgan fingerprint density at radius 2 is 2.12 bits per heavy atom. The van der Waals surface area contributed by atoms with Crippen LogP contribution >= 0.6 is 11.3 Å². The fourth-order valence-electron chi connectivity index (χ4n) is 4.44. The van der Waals surface area contributed by atoms with Crippen LogP contribution in [-0.2, 0) is 24.3 Å². The van der Waals surface area contributed by atoms with Crippen LogP contribution in [0.1, 0.15) is 41.4 Å². The number of benzene rings is 1. The minimum atomic E-state index is -0.122. The van der Waals surface area contributed by atoms with Crippen molar-refractivity contribution >= 4 is 33.3 Å². The Kier molecular flexibility index (Phi) is 3.74. The number of nitrogens with two attached hydrogens (primary N) is 1. The minimum absolute atomic E-state index is 0.122. The lowest BCUT2D eigenvalue weighted by Crippen LogP contribution is -2.36. The van der Waals surface area contributed by atoms with Crippen molar-refractivity contribution < 1.29 is 4.79 Å². The number of amides is 1. The number of aromatic nitrogens is 2. The molecule has 5 nitrogen and oxygen atoms in total. The molecular weight excluding hydrogens is 344 g/mol. The molecule has 1 unspecified atom stereocenters. The van der Waals surface area contributed by atoms with Gasteiger partial charge in [0.2, 0.25) is 5.91 Å². The zero-order valence-corrected chi connectivity index (χ0v) is 15.5. The second-order valence-corrected chi connectivity index (χ2v) is 8.38. The SMILES string of the molecule is Nc1nc2c(s1)CCCC2C(=O)N1CCCn2c(cc3ccccc32)C1. The van der Waals surface area contributed by atoms with Gasteiger partial charge < -0.3 is 15.2 Å². The van der Waals surface area contributed by atoms with E-state index in [0.29, 0.717) is 11.7 Å². The van der Waals surface area contributed by atoms with Gasteiger partial charge in [0.1, 0.15) is 0 Å². The van der Waals surface area contributed by atoms with Crippen LogP contribution in [0.25, 0.3) is 10.9 Å². The van der Waals surface area contributed by atoms with Gasteiger partial charge in [0, 0.05) is 29.2 Å². The lowest BCUT2D eigenvalue weighted by Gasteiger charge is -2.27. The van der Waals surface area contributed by atoms with Crippen molar-refractivity contribution in [2.24, 2.45) is 0 Å². The molecule has 0 spiro atoms. The monoisotopic (exact) mass is 366 g/mol. The molecule has 2 N–H and O–H groups in total. The molecule has 0 fully saturated rings. The smallest absolute Gasteiger partial charge is 0.232 e. The molecule has 1 aromatic carbocycles. The average Bonchev–Trinajstić information content (AvgIpc) is 3.12. The van der Waals surface area contributed by atoms with E-state index >= 15 is 0 Å². The summed E-state index contributed by atoms with van der Waals surface area (Å²) < 4.78 is 2.37. The predicted octanol–water partition coefficient (Wildman–Crippen LogP) is 3.53. The minimum Gasteiger partial charge on any atom is -0.375 e. The molecule has 0 bridgehead atoms. The molecular formula is C20H22N4OS. The summed E-state index contributed by atoms with van der Waals surface area (Å²) in [5, 5.41) is 1.84. The summed E-state index contributed by atoms with van der Waals surface area (Å²) in [6, 6.07) is 10.7. The van der Waals surface area contributed by atoms with E-state index in [2.05, 4.69) is 39.9 Å². The largest absolute Gasteiger partial charge is 0.375 e. The highest BCUT2D eigenvalue weighted by molar-refractivity contribution is 7.15. The molecule has 2 aromatic heterocycles. The van der Waals surface area contributed by atoms with Crippen LogP contribution in [-0.4, -0.2) is 26.9 Å². The number of hydrogen-bond acceptors (Lipinski definition) is 4. The predicted molar refractivity (Wildman–Crippen MR) is 104 cm³/mol.